The Balaban J connectivity index is 1.61. The number of Topliss-reactive ketones (excluding diaryl/α,β-unsaturated/α-hetero) is 1. The number of allylic oxidation sites excluding steroid dienone is 2. The third-order valence-electron chi connectivity index (χ3n) is 6.35. The molecule has 168 valence electrons. The first-order valence-electron chi connectivity index (χ1n) is 10.3. The number of nitro benzene ring substituents is 1. The molecule has 2 aromatic rings. The van der Waals surface area contributed by atoms with Crippen molar-refractivity contribution in [3.8, 4) is 6.07 Å². The normalized spacial score (nSPS) is 25.0. The van der Waals surface area contributed by atoms with Crippen molar-refractivity contribution in [2.45, 2.75) is 12.1 Å². The van der Waals surface area contributed by atoms with Crippen LogP contribution < -0.4 is 4.90 Å². The van der Waals surface area contributed by atoms with E-state index in [0.717, 1.165) is 17.0 Å². The summed E-state index contributed by atoms with van der Waals surface area (Å²) < 4.78 is 13.8. The Morgan fingerprint density at radius 2 is 1.82 bits per heavy atom. The molecule has 4 atom stereocenters. The van der Waals surface area contributed by atoms with Crippen LogP contribution in [0.15, 0.2) is 72.5 Å². The van der Waals surface area contributed by atoms with Gasteiger partial charge in [0.05, 0.1) is 40.1 Å². The standard InChI is InChI=1S/C24H15FN4O5/c25-15-4-2-5-16(11-15)28-23(31)19-18-9-13(12-26)7-8-27(18)21(20(19)24(28)32)22(30)14-3-1-6-17(10-14)29(33)34/h1-11,18-21H/t18-,19-,20-,21+/m1/s1. The fourth-order valence-electron chi connectivity index (χ4n) is 4.93. The van der Waals surface area contributed by atoms with Gasteiger partial charge in [-0.1, -0.05) is 18.2 Å². The van der Waals surface area contributed by atoms with Crippen molar-refractivity contribution in [3.05, 3.63) is 94.0 Å². The second-order valence-corrected chi connectivity index (χ2v) is 8.15. The van der Waals surface area contributed by atoms with Crippen LogP contribution in [0.5, 0.6) is 0 Å². The zero-order valence-electron chi connectivity index (χ0n) is 17.4. The maximum absolute atomic E-state index is 13.8. The van der Waals surface area contributed by atoms with Gasteiger partial charge in [0.2, 0.25) is 11.8 Å². The smallest absolute Gasteiger partial charge is 0.270 e. The van der Waals surface area contributed by atoms with Gasteiger partial charge in [-0.2, -0.15) is 5.26 Å². The third-order valence-corrected chi connectivity index (χ3v) is 6.35. The van der Waals surface area contributed by atoms with Crippen molar-refractivity contribution in [2.75, 3.05) is 4.90 Å². The molecule has 0 radical (unpaired) electrons. The Kier molecular flexibility index (Phi) is 4.83. The van der Waals surface area contributed by atoms with Crippen LogP contribution in [0.4, 0.5) is 15.8 Å². The Hall–Kier alpha value is -4.65. The molecule has 9 nitrogen and oxygen atoms in total. The first-order chi connectivity index (χ1) is 16.3. The molecule has 0 spiro atoms. The van der Waals surface area contributed by atoms with Gasteiger partial charge in [-0.25, -0.2) is 9.29 Å². The third kappa shape index (κ3) is 3.09. The molecule has 0 unspecified atom stereocenters. The molecule has 3 heterocycles. The maximum atomic E-state index is 13.8. The largest absolute Gasteiger partial charge is 0.359 e. The molecule has 2 saturated heterocycles. The summed E-state index contributed by atoms with van der Waals surface area (Å²) >= 11 is 0. The number of hydrogen-bond donors (Lipinski definition) is 0. The zero-order chi connectivity index (χ0) is 24.1. The summed E-state index contributed by atoms with van der Waals surface area (Å²) in [6.07, 6.45) is 4.50. The zero-order valence-corrected chi connectivity index (χ0v) is 17.4. The lowest BCUT2D eigenvalue weighted by molar-refractivity contribution is -0.384. The Morgan fingerprint density at radius 3 is 2.53 bits per heavy atom. The lowest BCUT2D eigenvalue weighted by Gasteiger charge is -2.32. The number of ketones is 1. The van der Waals surface area contributed by atoms with E-state index < -0.39 is 52.3 Å². The lowest BCUT2D eigenvalue weighted by atomic mass is 9.86. The van der Waals surface area contributed by atoms with Gasteiger partial charge in [0.1, 0.15) is 11.9 Å². The molecule has 3 aliphatic rings. The fourth-order valence-corrected chi connectivity index (χ4v) is 4.93. The summed E-state index contributed by atoms with van der Waals surface area (Å²) in [5.74, 6) is -4.58. The molecule has 34 heavy (non-hydrogen) atoms. The van der Waals surface area contributed by atoms with Crippen LogP contribution in [0.3, 0.4) is 0 Å². The Labute approximate surface area is 192 Å². The highest BCUT2D eigenvalue weighted by molar-refractivity contribution is 6.24. The van der Waals surface area contributed by atoms with Crippen molar-refractivity contribution < 1.29 is 23.7 Å². The van der Waals surface area contributed by atoms with Crippen molar-refractivity contribution in [1.82, 2.24) is 4.90 Å². The summed E-state index contributed by atoms with van der Waals surface area (Å²) in [4.78, 5) is 53.5. The minimum atomic E-state index is -1.14. The van der Waals surface area contributed by atoms with E-state index in [1.54, 1.807) is 4.90 Å². The molecule has 5 rings (SSSR count). The van der Waals surface area contributed by atoms with Crippen LogP contribution in [-0.2, 0) is 9.59 Å². The number of rotatable bonds is 4. The summed E-state index contributed by atoms with van der Waals surface area (Å²) in [5, 5.41) is 20.5. The van der Waals surface area contributed by atoms with E-state index in [2.05, 4.69) is 0 Å². The van der Waals surface area contributed by atoms with Crippen molar-refractivity contribution in [3.63, 3.8) is 0 Å². The highest BCUT2D eigenvalue weighted by Gasteiger charge is 2.63. The predicted octanol–water partition coefficient (Wildman–Crippen LogP) is 2.75. The number of carbonyl (C=O) groups excluding carboxylic acids is 3. The van der Waals surface area contributed by atoms with Gasteiger partial charge in [-0.05, 0) is 30.4 Å². The van der Waals surface area contributed by atoms with Crippen molar-refractivity contribution in [2.24, 2.45) is 11.8 Å². The van der Waals surface area contributed by atoms with Gasteiger partial charge in [-0.15, -0.1) is 0 Å². The molecule has 10 heteroatoms. The molecule has 2 fully saturated rings. The van der Waals surface area contributed by atoms with Gasteiger partial charge in [0.15, 0.2) is 5.78 Å². The molecule has 3 aliphatic heterocycles. The molecule has 2 amide bonds. The summed E-state index contributed by atoms with van der Waals surface area (Å²) in [7, 11) is 0. The summed E-state index contributed by atoms with van der Waals surface area (Å²) in [5.41, 5.74) is 0.0563. The van der Waals surface area contributed by atoms with E-state index in [-0.39, 0.29) is 22.5 Å². The van der Waals surface area contributed by atoms with Crippen molar-refractivity contribution in [1.29, 1.82) is 5.26 Å². The second kappa shape index (κ2) is 7.74. The monoisotopic (exact) mass is 458 g/mol. The van der Waals surface area contributed by atoms with Crippen LogP contribution in [0.1, 0.15) is 10.4 Å². The van der Waals surface area contributed by atoms with E-state index >= 15 is 0 Å². The molecular formula is C24H15FN4O5. The van der Waals surface area contributed by atoms with Gasteiger partial charge in [0, 0.05) is 23.9 Å². The number of nitrogens with zero attached hydrogens (tertiary/aromatic N) is 4. The van der Waals surface area contributed by atoms with Crippen LogP contribution in [0, 0.1) is 39.1 Å². The van der Waals surface area contributed by atoms with Gasteiger partial charge < -0.3 is 4.90 Å². The molecular weight excluding hydrogens is 443 g/mol. The minimum absolute atomic E-state index is 0.0199. The number of hydrogen-bond acceptors (Lipinski definition) is 7. The van der Waals surface area contributed by atoms with Crippen molar-refractivity contribution >= 4 is 29.0 Å². The number of nitriles is 1. The van der Waals surface area contributed by atoms with Crippen LogP contribution >= 0.6 is 0 Å². The Morgan fingerprint density at radius 1 is 1.09 bits per heavy atom. The number of carbonyl (C=O) groups is 3. The molecule has 2 aromatic carbocycles. The predicted molar refractivity (Wildman–Crippen MR) is 116 cm³/mol. The topological polar surface area (TPSA) is 125 Å². The number of nitro groups is 1. The number of non-ortho nitro benzene ring substituents is 1. The lowest BCUT2D eigenvalue weighted by Crippen LogP contribution is -2.46. The fraction of sp³-hybridized carbons (Fsp3) is 0.167. The number of benzene rings is 2. The molecule has 0 bridgehead atoms. The highest BCUT2D eigenvalue weighted by Crippen LogP contribution is 2.47. The van der Waals surface area contributed by atoms with E-state index in [1.165, 1.54) is 54.8 Å². The average Bonchev–Trinajstić information content (AvgIpc) is 3.30. The highest BCUT2D eigenvalue weighted by atomic mass is 19.1. The number of imide groups is 1. The van der Waals surface area contributed by atoms with Crippen LogP contribution in [-0.4, -0.2) is 39.5 Å². The summed E-state index contributed by atoms with van der Waals surface area (Å²) in [6.45, 7) is 0. The number of halogens is 1. The van der Waals surface area contributed by atoms with E-state index in [0.29, 0.717) is 0 Å². The average molecular weight is 458 g/mol. The van der Waals surface area contributed by atoms with Crippen LogP contribution in [0.2, 0.25) is 0 Å². The number of amides is 2. The molecule has 0 aliphatic carbocycles. The van der Waals surface area contributed by atoms with Gasteiger partial charge in [-0.3, -0.25) is 24.5 Å². The molecule has 0 saturated carbocycles. The first-order valence-corrected chi connectivity index (χ1v) is 10.3. The maximum Gasteiger partial charge on any atom is 0.270 e. The minimum Gasteiger partial charge on any atom is -0.359 e. The quantitative estimate of drug-likeness (QED) is 0.299. The van der Waals surface area contributed by atoms with Gasteiger partial charge >= 0.3 is 0 Å². The summed E-state index contributed by atoms with van der Waals surface area (Å²) in [6, 6.07) is 10.3. The first kappa shape index (κ1) is 21.2. The SMILES string of the molecule is N#CC1=C[C@@H]2[C@H]3C(=O)N(c4cccc(F)c4)C(=O)[C@H]3[C@@H](C(=O)c3cccc([N+](=O)[O-])c3)N2C=C1. The van der Waals surface area contributed by atoms with Gasteiger partial charge in [0.25, 0.3) is 5.69 Å². The molecule has 0 aromatic heterocycles. The molecule has 0 N–H and O–H groups in total. The number of anilines is 1. The van der Waals surface area contributed by atoms with Crippen LogP contribution in [0.25, 0.3) is 0 Å². The Bertz CT molecular complexity index is 1380. The van der Waals surface area contributed by atoms with E-state index in [4.69, 9.17) is 0 Å². The van der Waals surface area contributed by atoms with E-state index in [9.17, 15) is 34.2 Å². The van der Waals surface area contributed by atoms with E-state index in [1.807, 2.05) is 6.07 Å². The second-order valence-electron chi connectivity index (χ2n) is 8.15. The number of fused-ring (bicyclic) bond motifs is 3.